The van der Waals surface area contributed by atoms with Gasteiger partial charge in [0.05, 0.1) is 11.2 Å². The van der Waals surface area contributed by atoms with Crippen molar-refractivity contribution in [3.63, 3.8) is 0 Å². The Morgan fingerprint density at radius 1 is 0.784 bits per heavy atom. The van der Waals surface area contributed by atoms with E-state index in [2.05, 4.69) is 103 Å². The van der Waals surface area contributed by atoms with Gasteiger partial charge in [0.25, 0.3) is 0 Å². The van der Waals surface area contributed by atoms with E-state index in [9.17, 15) is 0 Å². The first-order valence-corrected chi connectivity index (χ1v) is 14.6. The van der Waals surface area contributed by atoms with Crippen LogP contribution in [0.2, 0.25) is 0 Å². The van der Waals surface area contributed by atoms with Crippen LogP contribution in [-0.2, 0) is 5.41 Å². The predicted molar refractivity (Wildman–Crippen MR) is 157 cm³/mol. The number of anilines is 4. The molecule has 4 heteroatoms. The molecule has 2 nitrogen and oxygen atoms in total. The minimum Gasteiger partial charge on any atom is -0.374 e. The first-order chi connectivity index (χ1) is 18.0. The summed E-state index contributed by atoms with van der Waals surface area (Å²) in [5, 5.41) is 0. The maximum absolute atomic E-state index is 2.82. The quantitative estimate of drug-likeness (QED) is 0.234. The zero-order valence-corrected chi connectivity index (χ0v) is 22.5. The van der Waals surface area contributed by atoms with Gasteiger partial charge in [0.2, 0.25) is 0 Å². The van der Waals surface area contributed by atoms with Crippen molar-refractivity contribution in [1.82, 2.24) is 0 Å². The third-order valence-electron chi connectivity index (χ3n) is 10.4. The Labute approximate surface area is 223 Å². The summed E-state index contributed by atoms with van der Waals surface area (Å²) < 4.78 is 0. The minimum atomic E-state index is 0.0913. The first-order valence-electron chi connectivity index (χ1n) is 13.8. The van der Waals surface area contributed by atoms with Gasteiger partial charge in [0, 0.05) is 37.8 Å². The highest BCUT2D eigenvalue weighted by molar-refractivity contribution is 7.99. The van der Waals surface area contributed by atoms with Gasteiger partial charge < -0.3 is 9.71 Å². The molecule has 0 N–H and O–H groups in total. The van der Waals surface area contributed by atoms with Crippen LogP contribution in [0.25, 0.3) is 11.1 Å². The molecular formula is C33H29BN2S. The molecule has 1 saturated carbocycles. The van der Waals surface area contributed by atoms with Crippen molar-refractivity contribution in [2.75, 3.05) is 9.71 Å². The normalized spacial score (nSPS) is 25.2. The summed E-state index contributed by atoms with van der Waals surface area (Å²) in [7, 11) is 0. The fourth-order valence-electron chi connectivity index (χ4n) is 8.60. The van der Waals surface area contributed by atoms with Crippen LogP contribution in [-0.4, -0.2) is 12.4 Å². The standard InChI is InChI=1S/C33H29BN2S/c1-20-18-22-21-10-8-15-28-30(21)36(25-13-4-5-14-27(25)37-28)34-24-12-9-11-23-31(24)35(26(19-20)29(22)34)33(3)17-7-6-16-32(23,33)2/h4-5,8-15,18-19H,6-7,16-17H2,1-3H3. The lowest BCUT2D eigenvalue weighted by molar-refractivity contribution is 0.195. The lowest BCUT2D eigenvalue weighted by atomic mass is 9.43. The maximum atomic E-state index is 2.82. The molecule has 1 fully saturated rings. The topological polar surface area (TPSA) is 6.48 Å². The van der Waals surface area contributed by atoms with Crippen LogP contribution in [0, 0.1) is 6.92 Å². The highest BCUT2D eigenvalue weighted by atomic mass is 32.2. The lowest BCUT2D eigenvalue weighted by Crippen LogP contribution is -2.65. The number of para-hydroxylation sites is 3. The molecule has 0 spiro atoms. The van der Waals surface area contributed by atoms with Crippen LogP contribution in [0.4, 0.5) is 22.7 Å². The predicted octanol–water partition coefficient (Wildman–Crippen LogP) is 7.44. The molecule has 180 valence electrons. The van der Waals surface area contributed by atoms with Crippen LogP contribution in [0.1, 0.15) is 50.7 Å². The molecule has 4 aromatic carbocycles. The monoisotopic (exact) mass is 496 g/mol. The number of nitrogens with zero attached hydrogens (tertiary/aromatic N) is 2. The van der Waals surface area contributed by atoms with Crippen molar-refractivity contribution < 1.29 is 0 Å². The van der Waals surface area contributed by atoms with Gasteiger partial charge in [0.1, 0.15) is 0 Å². The van der Waals surface area contributed by atoms with Gasteiger partial charge in [0.15, 0.2) is 0 Å². The third kappa shape index (κ3) is 2.26. The number of fused-ring (bicyclic) bond motifs is 9. The molecule has 1 aliphatic carbocycles. The molecule has 0 bridgehead atoms. The molecule has 0 aromatic heterocycles. The molecule has 4 heterocycles. The van der Waals surface area contributed by atoms with Gasteiger partial charge in [-0.25, -0.2) is 0 Å². The molecule has 5 aliphatic rings. The molecule has 0 radical (unpaired) electrons. The SMILES string of the molecule is Cc1cc2c3c(c1)N1c4c(cccc4C4(C)CCCCC14C)B3N1c3ccccc3Sc3cccc-2c31. The third-order valence-corrected chi connectivity index (χ3v) is 11.5. The van der Waals surface area contributed by atoms with Crippen molar-refractivity contribution in [2.24, 2.45) is 0 Å². The summed E-state index contributed by atoms with van der Waals surface area (Å²) in [4.78, 5) is 8.23. The van der Waals surface area contributed by atoms with E-state index in [1.165, 1.54) is 85.8 Å². The zero-order valence-electron chi connectivity index (χ0n) is 21.6. The maximum Gasteiger partial charge on any atom is 0.333 e. The summed E-state index contributed by atoms with van der Waals surface area (Å²) in [6, 6.07) is 28.1. The highest BCUT2D eigenvalue weighted by Crippen LogP contribution is 2.63. The van der Waals surface area contributed by atoms with E-state index in [1.54, 1.807) is 5.56 Å². The highest BCUT2D eigenvalue weighted by Gasteiger charge is 2.61. The van der Waals surface area contributed by atoms with Crippen molar-refractivity contribution >= 4 is 52.3 Å². The second-order valence-corrected chi connectivity index (χ2v) is 13.2. The number of hydrogen-bond acceptors (Lipinski definition) is 3. The molecule has 4 aliphatic heterocycles. The van der Waals surface area contributed by atoms with Crippen LogP contribution in [0.15, 0.2) is 82.6 Å². The van der Waals surface area contributed by atoms with Crippen LogP contribution >= 0.6 is 11.8 Å². The lowest BCUT2D eigenvalue weighted by Gasteiger charge is -2.53. The second-order valence-electron chi connectivity index (χ2n) is 12.1. The summed E-state index contributed by atoms with van der Waals surface area (Å²) in [5.41, 5.74) is 14.6. The summed E-state index contributed by atoms with van der Waals surface area (Å²) >= 11 is 1.92. The molecule has 9 rings (SSSR count). The molecule has 0 amide bonds. The van der Waals surface area contributed by atoms with E-state index < -0.39 is 0 Å². The summed E-state index contributed by atoms with van der Waals surface area (Å²) in [6.45, 7) is 7.59. The summed E-state index contributed by atoms with van der Waals surface area (Å²) in [5.74, 6) is 0. The molecule has 37 heavy (non-hydrogen) atoms. The van der Waals surface area contributed by atoms with Gasteiger partial charge in [-0.2, -0.15) is 0 Å². The Morgan fingerprint density at radius 3 is 2.51 bits per heavy atom. The first kappa shape index (κ1) is 20.9. The van der Waals surface area contributed by atoms with E-state index >= 15 is 0 Å². The fraction of sp³-hybridized carbons (Fsp3) is 0.273. The molecule has 2 unspecified atom stereocenters. The number of benzene rings is 4. The average molecular weight is 496 g/mol. The second kappa shape index (κ2) is 6.66. The van der Waals surface area contributed by atoms with Gasteiger partial charge >= 0.3 is 6.85 Å². The Bertz CT molecular complexity index is 1690. The average Bonchev–Trinajstić information content (AvgIpc) is 3.12. The Kier molecular flexibility index (Phi) is 3.76. The van der Waals surface area contributed by atoms with Gasteiger partial charge in [-0.15, -0.1) is 0 Å². The van der Waals surface area contributed by atoms with E-state index in [-0.39, 0.29) is 17.8 Å². The Balaban J connectivity index is 1.45. The smallest absolute Gasteiger partial charge is 0.333 e. The number of rotatable bonds is 0. The minimum absolute atomic E-state index is 0.0913. The number of aryl methyl sites for hydroxylation is 1. The van der Waals surface area contributed by atoms with Crippen molar-refractivity contribution in [3.8, 4) is 11.1 Å². The van der Waals surface area contributed by atoms with Crippen LogP contribution < -0.4 is 20.6 Å². The summed E-state index contributed by atoms with van der Waals surface area (Å²) in [6.07, 6.45) is 5.15. The Morgan fingerprint density at radius 2 is 1.59 bits per heavy atom. The van der Waals surface area contributed by atoms with E-state index in [1.807, 2.05) is 11.8 Å². The van der Waals surface area contributed by atoms with Crippen molar-refractivity contribution in [1.29, 1.82) is 0 Å². The van der Waals surface area contributed by atoms with Crippen LogP contribution in [0.5, 0.6) is 0 Å². The van der Waals surface area contributed by atoms with Gasteiger partial charge in [-0.1, -0.05) is 80.1 Å². The van der Waals surface area contributed by atoms with Crippen LogP contribution in [0.3, 0.4) is 0 Å². The van der Waals surface area contributed by atoms with E-state index in [0.29, 0.717) is 0 Å². The largest absolute Gasteiger partial charge is 0.374 e. The molecule has 4 aromatic rings. The fourth-order valence-corrected chi connectivity index (χ4v) is 9.71. The van der Waals surface area contributed by atoms with Gasteiger partial charge in [-0.3, -0.25) is 0 Å². The van der Waals surface area contributed by atoms with E-state index in [0.717, 1.165) is 0 Å². The van der Waals surface area contributed by atoms with Gasteiger partial charge in [-0.05, 0) is 78.6 Å². The number of hydrogen-bond donors (Lipinski definition) is 0. The zero-order chi connectivity index (χ0) is 24.7. The Hall–Kier alpha value is -3.11. The molecule has 2 atom stereocenters. The van der Waals surface area contributed by atoms with Crippen molar-refractivity contribution in [3.05, 3.63) is 83.9 Å². The van der Waals surface area contributed by atoms with Crippen molar-refractivity contribution in [2.45, 2.75) is 67.2 Å². The molecule has 0 saturated heterocycles. The molecular weight excluding hydrogens is 467 g/mol. The van der Waals surface area contributed by atoms with E-state index in [4.69, 9.17) is 0 Å².